The lowest BCUT2D eigenvalue weighted by molar-refractivity contribution is -0.113. The van der Waals surface area contributed by atoms with Gasteiger partial charge in [0.2, 0.25) is 17.8 Å². The lowest BCUT2D eigenvalue weighted by Crippen LogP contribution is -2.14. The predicted molar refractivity (Wildman–Crippen MR) is 152 cm³/mol. The summed E-state index contributed by atoms with van der Waals surface area (Å²) in [5.74, 6) is 2.24. The zero-order valence-electron chi connectivity index (χ0n) is 21.5. The first kappa shape index (κ1) is 26.7. The van der Waals surface area contributed by atoms with Crippen molar-refractivity contribution >= 4 is 46.6 Å². The standard InChI is InChI=1S/C28H30N6O3S/c1-4-36-23-14-10-21(11-15-23)30-26-32-27(31-22-12-16-24(17-13-22)37-5-2)34-28(33-26)38-18-25(35)29-20-8-6-19(3)7-9-20/h6-17H,4-5,18H2,1-3H3,(H,29,35)(H2,30,31,32,33,34). The zero-order valence-corrected chi connectivity index (χ0v) is 22.3. The average molecular weight is 531 g/mol. The second-order valence-electron chi connectivity index (χ2n) is 8.13. The molecule has 0 bridgehead atoms. The Bertz CT molecular complexity index is 1260. The molecule has 0 saturated carbocycles. The summed E-state index contributed by atoms with van der Waals surface area (Å²) < 4.78 is 11.0. The van der Waals surface area contributed by atoms with Crippen molar-refractivity contribution in [2.75, 3.05) is 34.9 Å². The van der Waals surface area contributed by atoms with Crippen LogP contribution in [0.5, 0.6) is 11.5 Å². The number of rotatable bonds is 12. The molecule has 38 heavy (non-hydrogen) atoms. The Morgan fingerprint density at radius 3 is 1.66 bits per heavy atom. The summed E-state index contributed by atoms with van der Waals surface area (Å²) in [6, 6.07) is 22.7. The minimum atomic E-state index is -0.152. The number of hydrogen-bond donors (Lipinski definition) is 3. The van der Waals surface area contributed by atoms with Crippen molar-refractivity contribution in [1.82, 2.24) is 15.0 Å². The van der Waals surface area contributed by atoms with Crippen molar-refractivity contribution in [3.63, 3.8) is 0 Å². The average Bonchev–Trinajstić information content (AvgIpc) is 2.91. The minimum absolute atomic E-state index is 0.142. The number of aryl methyl sites for hydroxylation is 1. The van der Waals surface area contributed by atoms with Crippen LogP contribution in [-0.2, 0) is 4.79 Å². The Hall–Kier alpha value is -4.31. The van der Waals surface area contributed by atoms with Crippen molar-refractivity contribution in [1.29, 1.82) is 0 Å². The van der Waals surface area contributed by atoms with Crippen LogP contribution >= 0.6 is 11.8 Å². The number of benzene rings is 3. The van der Waals surface area contributed by atoms with Crippen LogP contribution in [-0.4, -0.2) is 39.8 Å². The molecule has 9 nitrogen and oxygen atoms in total. The molecule has 0 unspecified atom stereocenters. The molecule has 0 aliphatic heterocycles. The van der Waals surface area contributed by atoms with E-state index in [4.69, 9.17) is 9.47 Å². The number of thioether (sulfide) groups is 1. The van der Waals surface area contributed by atoms with Crippen molar-refractivity contribution in [3.05, 3.63) is 78.4 Å². The summed E-state index contributed by atoms with van der Waals surface area (Å²) in [6.07, 6.45) is 0. The van der Waals surface area contributed by atoms with Crippen molar-refractivity contribution in [2.24, 2.45) is 0 Å². The van der Waals surface area contributed by atoms with Gasteiger partial charge in [-0.2, -0.15) is 15.0 Å². The van der Waals surface area contributed by atoms with Gasteiger partial charge in [-0.3, -0.25) is 4.79 Å². The Labute approximate surface area is 226 Å². The molecule has 10 heteroatoms. The van der Waals surface area contributed by atoms with Gasteiger partial charge in [-0.15, -0.1) is 0 Å². The number of anilines is 5. The number of nitrogens with one attached hydrogen (secondary N) is 3. The van der Waals surface area contributed by atoms with Gasteiger partial charge in [0.15, 0.2) is 5.16 Å². The predicted octanol–water partition coefficient (Wildman–Crippen LogP) is 6.20. The van der Waals surface area contributed by atoms with Gasteiger partial charge in [0, 0.05) is 17.1 Å². The van der Waals surface area contributed by atoms with E-state index >= 15 is 0 Å². The molecule has 0 radical (unpaired) electrons. The van der Waals surface area contributed by atoms with Crippen LogP contribution in [0.25, 0.3) is 0 Å². The normalized spacial score (nSPS) is 10.5. The molecule has 1 aromatic heterocycles. The Balaban J connectivity index is 1.49. The molecule has 0 saturated heterocycles. The van der Waals surface area contributed by atoms with Crippen LogP contribution in [0.4, 0.5) is 29.0 Å². The molecule has 0 fully saturated rings. The summed E-state index contributed by atoms with van der Waals surface area (Å²) in [5.41, 5.74) is 3.45. The highest BCUT2D eigenvalue weighted by molar-refractivity contribution is 7.99. The first-order valence-electron chi connectivity index (χ1n) is 12.3. The topological polar surface area (TPSA) is 110 Å². The molecule has 196 valence electrons. The molecule has 0 spiro atoms. The SMILES string of the molecule is CCOc1ccc(Nc2nc(Nc3ccc(OCC)cc3)nc(SCC(=O)Nc3ccc(C)cc3)n2)cc1. The molecule has 1 amide bonds. The van der Waals surface area contributed by atoms with Crippen molar-refractivity contribution in [2.45, 2.75) is 25.9 Å². The van der Waals surface area contributed by atoms with E-state index in [-0.39, 0.29) is 11.7 Å². The second-order valence-corrected chi connectivity index (χ2v) is 9.08. The van der Waals surface area contributed by atoms with E-state index in [2.05, 4.69) is 30.9 Å². The van der Waals surface area contributed by atoms with Gasteiger partial charge in [-0.05, 0) is 81.4 Å². The van der Waals surface area contributed by atoms with Crippen LogP contribution in [0.15, 0.2) is 78.0 Å². The monoisotopic (exact) mass is 530 g/mol. The third kappa shape index (κ3) is 8.10. The molecular weight excluding hydrogens is 500 g/mol. The first-order chi connectivity index (χ1) is 18.5. The van der Waals surface area contributed by atoms with Gasteiger partial charge in [0.05, 0.1) is 19.0 Å². The second kappa shape index (κ2) is 13.3. The number of carbonyl (C=O) groups excluding carboxylic acids is 1. The maximum atomic E-state index is 12.5. The van der Waals surface area contributed by atoms with E-state index in [1.165, 1.54) is 11.8 Å². The van der Waals surface area contributed by atoms with E-state index in [0.29, 0.717) is 30.3 Å². The first-order valence-corrected chi connectivity index (χ1v) is 13.2. The van der Waals surface area contributed by atoms with Gasteiger partial charge in [-0.1, -0.05) is 29.5 Å². The third-order valence-corrected chi connectivity index (χ3v) is 5.97. The molecule has 0 aliphatic carbocycles. The lowest BCUT2D eigenvalue weighted by atomic mass is 10.2. The molecule has 4 aromatic rings. The third-order valence-electron chi connectivity index (χ3n) is 5.13. The summed E-state index contributed by atoms with van der Waals surface area (Å²) in [7, 11) is 0. The minimum Gasteiger partial charge on any atom is -0.494 e. The molecule has 3 aromatic carbocycles. The number of amides is 1. The van der Waals surface area contributed by atoms with Crippen LogP contribution in [0.2, 0.25) is 0 Å². The van der Waals surface area contributed by atoms with E-state index in [1.807, 2.05) is 93.6 Å². The zero-order chi connectivity index (χ0) is 26.7. The summed E-state index contributed by atoms with van der Waals surface area (Å²) in [5, 5.41) is 9.71. The Kier molecular flexibility index (Phi) is 9.36. The van der Waals surface area contributed by atoms with Crippen LogP contribution in [0, 0.1) is 6.92 Å². The van der Waals surface area contributed by atoms with Crippen LogP contribution in [0.3, 0.4) is 0 Å². The lowest BCUT2D eigenvalue weighted by Gasteiger charge is -2.11. The fraction of sp³-hybridized carbons (Fsp3) is 0.214. The van der Waals surface area contributed by atoms with E-state index in [9.17, 15) is 4.79 Å². The molecule has 3 N–H and O–H groups in total. The highest BCUT2D eigenvalue weighted by Gasteiger charge is 2.11. The van der Waals surface area contributed by atoms with Gasteiger partial charge in [-0.25, -0.2) is 0 Å². The fourth-order valence-electron chi connectivity index (χ4n) is 3.36. The molecule has 4 rings (SSSR count). The Morgan fingerprint density at radius 1 is 0.711 bits per heavy atom. The molecule has 0 atom stereocenters. The van der Waals surface area contributed by atoms with Gasteiger partial charge >= 0.3 is 0 Å². The maximum Gasteiger partial charge on any atom is 0.234 e. The highest BCUT2D eigenvalue weighted by Crippen LogP contribution is 2.24. The van der Waals surface area contributed by atoms with Crippen molar-refractivity contribution in [3.8, 4) is 11.5 Å². The highest BCUT2D eigenvalue weighted by atomic mass is 32.2. The molecule has 1 heterocycles. The number of nitrogens with zero attached hydrogens (tertiary/aromatic N) is 3. The quantitative estimate of drug-likeness (QED) is 0.185. The van der Waals surface area contributed by atoms with E-state index in [0.717, 1.165) is 34.1 Å². The Morgan fingerprint density at radius 2 is 1.18 bits per heavy atom. The number of hydrogen-bond acceptors (Lipinski definition) is 9. The maximum absolute atomic E-state index is 12.5. The van der Waals surface area contributed by atoms with E-state index < -0.39 is 0 Å². The number of carbonyl (C=O) groups is 1. The van der Waals surface area contributed by atoms with E-state index in [1.54, 1.807) is 0 Å². The largest absolute Gasteiger partial charge is 0.494 e. The number of ether oxygens (including phenoxy) is 2. The summed E-state index contributed by atoms with van der Waals surface area (Å²) in [4.78, 5) is 26.1. The van der Waals surface area contributed by atoms with Gasteiger partial charge in [0.1, 0.15) is 11.5 Å². The van der Waals surface area contributed by atoms with Gasteiger partial charge in [0.25, 0.3) is 0 Å². The molecule has 0 aliphatic rings. The van der Waals surface area contributed by atoms with Crippen LogP contribution < -0.4 is 25.4 Å². The smallest absolute Gasteiger partial charge is 0.234 e. The summed E-state index contributed by atoms with van der Waals surface area (Å²) in [6.45, 7) is 7.07. The van der Waals surface area contributed by atoms with Gasteiger partial charge < -0.3 is 25.4 Å². The van der Waals surface area contributed by atoms with Crippen molar-refractivity contribution < 1.29 is 14.3 Å². The summed E-state index contributed by atoms with van der Waals surface area (Å²) >= 11 is 1.22. The fourth-order valence-corrected chi connectivity index (χ4v) is 3.99. The molecular formula is C28H30N6O3S. The van der Waals surface area contributed by atoms with Crippen LogP contribution in [0.1, 0.15) is 19.4 Å². The number of aromatic nitrogens is 3.